The Hall–Kier alpha value is -1.85. The molecule has 1 aliphatic rings. The van der Waals surface area contributed by atoms with Crippen molar-refractivity contribution in [2.24, 2.45) is 0 Å². The predicted octanol–water partition coefficient (Wildman–Crippen LogP) is 3.19. The van der Waals surface area contributed by atoms with E-state index in [9.17, 15) is 8.42 Å². The highest BCUT2D eigenvalue weighted by atomic mass is 32.2. The molecule has 0 aliphatic carbocycles. The normalized spacial score (nSPS) is 19.1. The molecular weight excluding hydrogens is 332 g/mol. The van der Waals surface area contributed by atoms with Crippen LogP contribution >= 0.6 is 0 Å². The van der Waals surface area contributed by atoms with E-state index in [1.165, 1.54) is 11.8 Å². The highest BCUT2D eigenvalue weighted by molar-refractivity contribution is 7.90. The zero-order chi connectivity index (χ0) is 17.9. The van der Waals surface area contributed by atoms with Gasteiger partial charge in [0.15, 0.2) is 9.84 Å². The topological polar surface area (TPSA) is 40.6 Å². The third-order valence-electron chi connectivity index (χ3n) is 4.93. The van der Waals surface area contributed by atoms with Crippen molar-refractivity contribution in [3.8, 4) is 0 Å². The van der Waals surface area contributed by atoms with E-state index >= 15 is 0 Å². The van der Waals surface area contributed by atoms with Crippen molar-refractivity contribution >= 4 is 15.5 Å². The fraction of sp³-hybridized carbons (Fsp3) is 0.400. The maximum Gasteiger partial charge on any atom is 0.175 e. The Kier molecular flexibility index (Phi) is 5.45. The van der Waals surface area contributed by atoms with Crippen LogP contribution in [0.4, 0.5) is 5.69 Å². The molecule has 2 aromatic rings. The first-order chi connectivity index (χ1) is 12.0. The van der Waals surface area contributed by atoms with Gasteiger partial charge < -0.3 is 4.90 Å². The quantitative estimate of drug-likeness (QED) is 0.823. The van der Waals surface area contributed by atoms with Gasteiger partial charge in [0.25, 0.3) is 0 Å². The molecule has 0 aromatic heterocycles. The molecule has 1 heterocycles. The molecule has 1 unspecified atom stereocenters. The Balaban J connectivity index is 1.69. The monoisotopic (exact) mass is 358 g/mol. The van der Waals surface area contributed by atoms with Gasteiger partial charge in [-0.2, -0.15) is 0 Å². The SMILES string of the molecule is CCC1CN(c2ccc(S(C)(=O)=O)cc2)CCN1Cc1ccccc1. The Bertz CT molecular complexity index is 788. The van der Waals surface area contributed by atoms with Crippen molar-refractivity contribution in [2.45, 2.75) is 30.8 Å². The van der Waals surface area contributed by atoms with Gasteiger partial charge in [0.05, 0.1) is 4.90 Å². The molecule has 5 heteroatoms. The third-order valence-corrected chi connectivity index (χ3v) is 6.06. The average molecular weight is 359 g/mol. The van der Waals surface area contributed by atoms with E-state index in [1.807, 2.05) is 12.1 Å². The van der Waals surface area contributed by atoms with Gasteiger partial charge >= 0.3 is 0 Å². The number of anilines is 1. The van der Waals surface area contributed by atoms with Gasteiger partial charge in [-0.1, -0.05) is 37.3 Å². The van der Waals surface area contributed by atoms with E-state index in [4.69, 9.17) is 0 Å². The van der Waals surface area contributed by atoms with E-state index in [-0.39, 0.29) is 0 Å². The van der Waals surface area contributed by atoms with Gasteiger partial charge in [-0.3, -0.25) is 4.90 Å². The highest BCUT2D eigenvalue weighted by Crippen LogP contribution is 2.23. The van der Waals surface area contributed by atoms with Crippen LogP contribution in [0, 0.1) is 0 Å². The van der Waals surface area contributed by atoms with Crippen LogP contribution in [0.2, 0.25) is 0 Å². The second-order valence-corrected chi connectivity index (χ2v) is 8.75. The Morgan fingerprint density at radius 1 is 1.00 bits per heavy atom. The summed E-state index contributed by atoms with van der Waals surface area (Å²) in [4.78, 5) is 5.30. The largest absolute Gasteiger partial charge is 0.369 e. The molecule has 3 rings (SSSR count). The maximum absolute atomic E-state index is 11.6. The summed E-state index contributed by atoms with van der Waals surface area (Å²) >= 11 is 0. The molecular formula is C20H26N2O2S. The van der Waals surface area contributed by atoms with Gasteiger partial charge in [-0.25, -0.2) is 8.42 Å². The molecule has 1 saturated heterocycles. The molecule has 0 spiro atoms. The zero-order valence-corrected chi connectivity index (χ0v) is 15.7. The number of piperazine rings is 1. The van der Waals surface area contributed by atoms with Crippen molar-refractivity contribution in [1.82, 2.24) is 4.90 Å². The van der Waals surface area contributed by atoms with E-state index in [1.54, 1.807) is 12.1 Å². The number of nitrogens with zero attached hydrogens (tertiary/aromatic N) is 2. The minimum Gasteiger partial charge on any atom is -0.369 e. The number of hydrogen-bond acceptors (Lipinski definition) is 4. The summed E-state index contributed by atoms with van der Waals surface area (Å²) in [5.41, 5.74) is 2.46. The van der Waals surface area contributed by atoms with Crippen LogP contribution < -0.4 is 4.90 Å². The molecule has 1 aliphatic heterocycles. The molecule has 0 radical (unpaired) electrons. The lowest BCUT2D eigenvalue weighted by atomic mass is 10.1. The summed E-state index contributed by atoms with van der Waals surface area (Å²) in [6.07, 6.45) is 2.35. The standard InChI is InChI=1S/C20H26N2O2S/c1-3-18-16-22(19-9-11-20(12-10-19)25(2,23)24)14-13-21(18)15-17-7-5-4-6-8-17/h4-12,18H,3,13-16H2,1-2H3. The first-order valence-corrected chi connectivity index (χ1v) is 10.7. The zero-order valence-electron chi connectivity index (χ0n) is 14.9. The molecule has 4 nitrogen and oxygen atoms in total. The first-order valence-electron chi connectivity index (χ1n) is 8.80. The molecule has 2 aromatic carbocycles. The summed E-state index contributed by atoms with van der Waals surface area (Å²) < 4.78 is 23.2. The van der Waals surface area contributed by atoms with Crippen molar-refractivity contribution in [3.63, 3.8) is 0 Å². The number of sulfone groups is 1. The summed E-state index contributed by atoms with van der Waals surface area (Å²) in [5.74, 6) is 0. The second kappa shape index (κ2) is 7.58. The molecule has 25 heavy (non-hydrogen) atoms. The van der Waals surface area contributed by atoms with Crippen LogP contribution in [-0.4, -0.2) is 45.2 Å². The van der Waals surface area contributed by atoms with E-state index < -0.39 is 9.84 Å². The van der Waals surface area contributed by atoms with Crippen molar-refractivity contribution in [3.05, 3.63) is 60.2 Å². The molecule has 0 bridgehead atoms. The van der Waals surface area contributed by atoms with Crippen LogP contribution in [0.25, 0.3) is 0 Å². The van der Waals surface area contributed by atoms with Crippen LogP contribution in [0.3, 0.4) is 0 Å². The van der Waals surface area contributed by atoms with Crippen molar-refractivity contribution < 1.29 is 8.42 Å². The summed E-state index contributed by atoms with van der Waals surface area (Å²) in [7, 11) is -3.14. The van der Waals surface area contributed by atoms with Crippen LogP contribution in [0.5, 0.6) is 0 Å². The van der Waals surface area contributed by atoms with Crippen molar-refractivity contribution in [1.29, 1.82) is 0 Å². The lowest BCUT2D eigenvalue weighted by molar-refractivity contribution is 0.164. The molecule has 1 fully saturated rings. The van der Waals surface area contributed by atoms with Gasteiger partial charge in [0, 0.05) is 44.2 Å². The third kappa shape index (κ3) is 4.41. The van der Waals surface area contributed by atoms with Crippen LogP contribution in [0.1, 0.15) is 18.9 Å². The smallest absolute Gasteiger partial charge is 0.175 e. The summed E-state index contributed by atoms with van der Waals surface area (Å²) in [5, 5.41) is 0. The maximum atomic E-state index is 11.6. The Labute approximate surface area is 151 Å². The molecule has 0 amide bonds. The van der Waals surface area contributed by atoms with E-state index in [0.717, 1.165) is 38.3 Å². The van der Waals surface area contributed by atoms with E-state index in [0.29, 0.717) is 10.9 Å². The molecule has 0 N–H and O–H groups in total. The van der Waals surface area contributed by atoms with Gasteiger partial charge in [0.2, 0.25) is 0 Å². The van der Waals surface area contributed by atoms with Gasteiger partial charge in [-0.05, 0) is 36.2 Å². The molecule has 0 saturated carbocycles. The van der Waals surface area contributed by atoms with Crippen LogP contribution in [-0.2, 0) is 16.4 Å². The molecule has 1 atom stereocenters. The summed E-state index contributed by atoms with van der Waals surface area (Å²) in [6, 6.07) is 18.4. The number of rotatable bonds is 5. The Morgan fingerprint density at radius 3 is 2.28 bits per heavy atom. The minimum atomic E-state index is -3.14. The van der Waals surface area contributed by atoms with Gasteiger partial charge in [0.1, 0.15) is 0 Å². The van der Waals surface area contributed by atoms with Crippen LogP contribution in [0.15, 0.2) is 59.5 Å². The molecule has 134 valence electrons. The minimum absolute atomic E-state index is 0.381. The average Bonchev–Trinajstić information content (AvgIpc) is 2.62. The van der Waals surface area contributed by atoms with Gasteiger partial charge in [-0.15, -0.1) is 0 Å². The number of hydrogen-bond donors (Lipinski definition) is 0. The highest BCUT2D eigenvalue weighted by Gasteiger charge is 2.26. The fourth-order valence-corrected chi connectivity index (χ4v) is 4.08. The summed E-state index contributed by atoms with van der Waals surface area (Å²) in [6.45, 7) is 6.17. The number of benzene rings is 2. The van der Waals surface area contributed by atoms with E-state index in [2.05, 4.69) is 47.1 Å². The predicted molar refractivity (Wildman–Crippen MR) is 103 cm³/mol. The van der Waals surface area contributed by atoms with Crippen molar-refractivity contribution in [2.75, 3.05) is 30.8 Å². The first kappa shape index (κ1) is 18.0. The lowest BCUT2D eigenvalue weighted by Crippen LogP contribution is -2.52. The second-order valence-electron chi connectivity index (χ2n) is 6.73. The Morgan fingerprint density at radius 2 is 1.68 bits per heavy atom. The fourth-order valence-electron chi connectivity index (χ4n) is 3.44. The lowest BCUT2D eigenvalue weighted by Gasteiger charge is -2.42.